The lowest BCUT2D eigenvalue weighted by Crippen LogP contribution is -2.09. The van der Waals surface area contributed by atoms with E-state index in [-0.39, 0.29) is 0 Å². The molecule has 0 aliphatic heterocycles. The highest BCUT2D eigenvalue weighted by Gasteiger charge is 2.19. The summed E-state index contributed by atoms with van der Waals surface area (Å²) in [6, 6.07) is 0.616. The van der Waals surface area contributed by atoms with Crippen LogP contribution in [-0.2, 0) is 7.05 Å². The summed E-state index contributed by atoms with van der Waals surface area (Å²) in [5.74, 6) is 0. The zero-order valence-electron chi connectivity index (χ0n) is 7.99. The van der Waals surface area contributed by atoms with Crippen LogP contribution < -0.4 is 5.43 Å². The second-order valence-corrected chi connectivity index (χ2v) is 3.50. The fraction of sp³-hybridized carbons (Fsp3) is 0.556. The summed E-state index contributed by atoms with van der Waals surface area (Å²) in [6.45, 7) is 2.03. The van der Waals surface area contributed by atoms with Crippen molar-refractivity contribution in [1.82, 2.24) is 15.2 Å². The van der Waals surface area contributed by atoms with Crippen LogP contribution in [0.15, 0.2) is 11.3 Å². The van der Waals surface area contributed by atoms with Crippen molar-refractivity contribution in [2.45, 2.75) is 25.8 Å². The summed E-state index contributed by atoms with van der Waals surface area (Å²) in [7, 11) is 1.92. The number of nitrogens with zero attached hydrogens (tertiary/aromatic N) is 3. The third-order valence-electron chi connectivity index (χ3n) is 2.20. The highest BCUT2D eigenvalue weighted by Crippen LogP contribution is 2.18. The van der Waals surface area contributed by atoms with Crippen molar-refractivity contribution in [3.8, 4) is 0 Å². The number of hydrogen-bond donors (Lipinski definition) is 1. The molecule has 0 aromatic carbocycles. The first-order valence-corrected chi connectivity index (χ1v) is 4.54. The highest BCUT2D eigenvalue weighted by molar-refractivity contribution is 5.78. The van der Waals surface area contributed by atoms with Gasteiger partial charge in [-0.15, -0.1) is 0 Å². The molecule has 0 unspecified atom stereocenters. The third-order valence-corrected chi connectivity index (χ3v) is 2.20. The number of hydrazone groups is 1. The van der Waals surface area contributed by atoms with Gasteiger partial charge in [-0.25, -0.2) is 0 Å². The molecule has 1 fully saturated rings. The minimum Gasteiger partial charge on any atom is -0.307 e. The third kappa shape index (κ3) is 1.88. The summed E-state index contributed by atoms with van der Waals surface area (Å²) < 4.78 is 1.83. The number of rotatable bonds is 3. The molecule has 0 radical (unpaired) electrons. The second kappa shape index (κ2) is 3.20. The van der Waals surface area contributed by atoms with Gasteiger partial charge in [0.05, 0.1) is 18.1 Å². The number of aromatic nitrogens is 2. The van der Waals surface area contributed by atoms with Gasteiger partial charge in [0.15, 0.2) is 0 Å². The van der Waals surface area contributed by atoms with Crippen LogP contribution in [0.1, 0.15) is 24.1 Å². The Hall–Kier alpha value is -1.32. The van der Waals surface area contributed by atoms with Crippen LogP contribution in [0.2, 0.25) is 0 Å². The van der Waals surface area contributed by atoms with Crippen molar-refractivity contribution >= 4 is 6.21 Å². The van der Waals surface area contributed by atoms with Crippen molar-refractivity contribution in [1.29, 1.82) is 0 Å². The molecule has 0 atom stereocenters. The van der Waals surface area contributed by atoms with Gasteiger partial charge in [0.2, 0.25) is 0 Å². The first-order chi connectivity index (χ1) is 6.27. The van der Waals surface area contributed by atoms with Crippen molar-refractivity contribution in [2.75, 3.05) is 0 Å². The van der Waals surface area contributed by atoms with Crippen LogP contribution in [0.5, 0.6) is 0 Å². The summed E-state index contributed by atoms with van der Waals surface area (Å²) in [6.07, 6.45) is 6.18. The molecule has 2 rings (SSSR count). The van der Waals surface area contributed by atoms with Gasteiger partial charge in [-0.3, -0.25) is 4.68 Å². The van der Waals surface area contributed by atoms with E-state index in [1.54, 1.807) is 0 Å². The van der Waals surface area contributed by atoms with E-state index in [0.29, 0.717) is 6.04 Å². The maximum Gasteiger partial charge on any atom is 0.0836 e. The van der Waals surface area contributed by atoms with Gasteiger partial charge in [0, 0.05) is 13.1 Å². The standard InChI is InChI=1S/C9H14N4/c1-7-5-11-13(2)9(7)6-10-12-8-3-4-8/h5-6,8,12H,3-4H2,1-2H3/b10-6+. The molecule has 1 saturated carbocycles. The Morgan fingerprint density at radius 1 is 1.69 bits per heavy atom. The molecule has 1 heterocycles. The first-order valence-electron chi connectivity index (χ1n) is 4.54. The monoisotopic (exact) mass is 178 g/mol. The fourth-order valence-electron chi connectivity index (χ4n) is 1.16. The minimum atomic E-state index is 0.616. The van der Waals surface area contributed by atoms with Gasteiger partial charge in [0.25, 0.3) is 0 Å². The molecule has 1 aromatic heterocycles. The highest BCUT2D eigenvalue weighted by atomic mass is 15.3. The molecule has 13 heavy (non-hydrogen) atoms. The van der Waals surface area contributed by atoms with Crippen molar-refractivity contribution in [3.05, 3.63) is 17.5 Å². The molecule has 70 valence electrons. The van der Waals surface area contributed by atoms with Crippen molar-refractivity contribution in [2.24, 2.45) is 12.1 Å². The predicted molar refractivity (Wildman–Crippen MR) is 51.7 cm³/mol. The Labute approximate surface area is 77.6 Å². The zero-order chi connectivity index (χ0) is 9.26. The van der Waals surface area contributed by atoms with Gasteiger partial charge in [-0.1, -0.05) is 0 Å². The predicted octanol–water partition coefficient (Wildman–Crippen LogP) is 0.814. The number of aryl methyl sites for hydroxylation is 2. The normalized spacial score (nSPS) is 16.8. The van der Waals surface area contributed by atoms with E-state index in [1.165, 1.54) is 12.8 Å². The van der Waals surface area contributed by atoms with Crippen LogP contribution in [0.25, 0.3) is 0 Å². The van der Waals surface area contributed by atoms with Crippen LogP contribution in [0.4, 0.5) is 0 Å². The van der Waals surface area contributed by atoms with E-state index in [1.807, 2.05) is 31.1 Å². The number of hydrogen-bond acceptors (Lipinski definition) is 3. The van der Waals surface area contributed by atoms with Crippen molar-refractivity contribution in [3.63, 3.8) is 0 Å². The molecule has 0 amide bonds. The van der Waals surface area contributed by atoms with E-state index in [4.69, 9.17) is 0 Å². The maximum absolute atomic E-state index is 4.16. The minimum absolute atomic E-state index is 0.616. The Kier molecular flexibility index (Phi) is 2.04. The quantitative estimate of drug-likeness (QED) is 0.550. The van der Waals surface area contributed by atoms with E-state index in [9.17, 15) is 0 Å². The molecule has 1 N–H and O–H groups in total. The van der Waals surface area contributed by atoms with Gasteiger partial charge >= 0.3 is 0 Å². The molecule has 4 heteroatoms. The average molecular weight is 178 g/mol. The molecule has 0 saturated heterocycles. The Balaban J connectivity index is 2.02. The SMILES string of the molecule is Cc1cnn(C)c1/C=N/NC1CC1. The number of nitrogens with one attached hydrogen (secondary N) is 1. The Morgan fingerprint density at radius 3 is 3.00 bits per heavy atom. The van der Waals surface area contributed by atoms with Gasteiger partial charge in [-0.05, 0) is 25.3 Å². The van der Waals surface area contributed by atoms with Crippen LogP contribution in [-0.4, -0.2) is 22.0 Å². The average Bonchev–Trinajstić information content (AvgIpc) is 2.86. The summed E-state index contributed by atoms with van der Waals surface area (Å²) in [5, 5.41) is 8.29. The van der Waals surface area contributed by atoms with Crippen LogP contribution in [0, 0.1) is 6.92 Å². The summed E-state index contributed by atoms with van der Waals surface area (Å²) >= 11 is 0. The Bertz CT molecular complexity index is 303. The molecule has 0 spiro atoms. The summed E-state index contributed by atoms with van der Waals surface area (Å²) in [5.41, 5.74) is 5.30. The fourth-order valence-corrected chi connectivity index (χ4v) is 1.16. The van der Waals surface area contributed by atoms with Gasteiger partial charge < -0.3 is 5.43 Å². The Morgan fingerprint density at radius 2 is 2.46 bits per heavy atom. The lowest BCUT2D eigenvalue weighted by molar-refractivity contribution is 0.732. The molecular weight excluding hydrogens is 164 g/mol. The molecule has 1 aromatic rings. The smallest absolute Gasteiger partial charge is 0.0836 e. The lowest BCUT2D eigenvalue weighted by Gasteiger charge is -1.96. The molecule has 4 nitrogen and oxygen atoms in total. The molecule has 0 bridgehead atoms. The van der Waals surface area contributed by atoms with E-state index < -0.39 is 0 Å². The van der Waals surface area contributed by atoms with E-state index >= 15 is 0 Å². The summed E-state index contributed by atoms with van der Waals surface area (Å²) in [4.78, 5) is 0. The van der Waals surface area contributed by atoms with Gasteiger partial charge in [-0.2, -0.15) is 10.2 Å². The maximum atomic E-state index is 4.16. The van der Waals surface area contributed by atoms with Gasteiger partial charge in [0.1, 0.15) is 0 Å². The molecule has 1 aliphatic carbocycles. The lowest BCUT2D eigenvalue weighted by atomic mass is 10.3. The van der Waals surface area contributed by atoms with Crippen LogP contribution >= 0.6 is 0 Å². The molecular formula is C9H14N4. The largest absolute Gasteiger partial charge is 0.307 e. The van der Waals surface area contributed by atoms with E-state index in [0.717, 1.165) is 11.3 Å². The van der Waals surface area contributed by atoms with Crippen LogP contribution in [0.3, 0.4) is 0 Å². The second-order valence-electron chi connectivity index (χ2n) is 3.50. The zero-order valence-corrected chi connectivity index (χ0v) is 7.99. The van der Waals surface area contributed by atoms with Crippen molar-refractivity contribution < 1.29 is 0 Å². The first kappa shape index (κ1) is 8.29. The topological polar surface area (TPSA) is 42.2 Å². The molecule has 1 aliphatic rings. The van der Waals surface area contributed by atoms with E-state index in [2.05, 4.69) is 15.6 Å².